The molecule has 0 amide bonds. The van der Waals surface area contributed by atoms with Gasteiger partial charge in [-0.3, -0.25) is 10.1 Å². The second kappa shape index (κ2) is 8.28. The molecule has 21 heavy (non-hydrogen) atoms. The van der Waals surface area contributed by atoms with E-state index in [1.165, 1.54) is 11.8 Å². The summed E-state index contributed by atoms with van der Waals surface area (Å²) in [5, 5.41) is 4.52. The minimum absolute atomic E-state index is 0.162. The van der Waals surface area contributed by atoms with Gasteiger partial charge in [-0.05, 0) is 45.9 Å². The molecule has 0 aliphatic carbocycles. The van der Waals surface area contributed by atoms with Crippen molar-refractivity contribution in [3.8, 4) is 0 Å². The Hall–Kier alpha value is -0.420. The first-order valence-electron chi connectivity index (χ1n) is 6.81. The van der Waals surface area contributed by atoms with Crippen LogP contribution in [0.2, 0.25) is 10.0 Å². The Morgan fingerprint density at radius 3 is 2.67 bits per heavy atom. The van der Waals surface area contributed by atoms with Gasteiger partial charge in [0.25, 0.3) is 0 Å². The number of hydrogen-bond donors (Lipinski definition) is 1. The number of carbonyl (C=O) groups is 1. The Balaban J connectivity index is 2.86. The summed E-state index contributed by atoms with van der Waals surface area (Å²) in [5.41, 5.74) is -0.777. The lowest BCUT2D eigenvalue weighted by molar-refractivity contribution is -0.149. The number of nitrogens with one attached hydrogen (secondary N) is 1. The van der Waals surface area contributed by atoms with Crippen LogP contribution in [0.1, 0.15) is 27.7 Å². The number of carbonyl (C=O) groups excluding carboxylic acids is 1. The highest BCUT2D eigenvalue weighted by Crippen LogP contribution is 2.32. The summed E-state index contributed by atoms with van der Waals surface area (Å²) in [6.07, 6.45) is 0. The first-order chi connectivity index (χ1) is 9.78. The van der Waals surface area contributed by atoms with Gasteiger partial charge in [0.1, 0.15) is 5.54 Å². The SMILES string of the molecule is CCOC(=O)C(C)(CSc1cc(Cl)ccc1Cl)NC(C)C. The van der Waals surface area contributed by atoms with E-state index in [4.69, 9.17) is 27.9 Å². The first kappa shape index (κ1) is 18.6. The number of ether oxygens (including phenoxy) is 1. The molecule has 3 nitrogen and oxygen atoms in total. The Bertz CT molecular complexity index is 497. The number of rotatable bonds is 7. The van der Waals surface area contributed by atoms with E-state index in [0.717, 1.165) is 4.90 Å². The van der Waals surface area contributed by atoms with Crippen LogP contribution in [0.15, 0.2) is 23.1 Å². The van der Waals surface area contributed by atoms with Crippen molar-refractivity contribution in [2.45, 2.75) is 44.2 Å². The quantitative estimate of drug-likeness (QED) is 0.584. The summed E-state index contributed by atoms with van der Waals surface area (Å²) < 4.78 is 5.18. The van der Waals surface area contributed by atoms with Gasteiger partial charge >= 0.3 is 5.97 Å². The summed E-state index contributed by atoms with van der Waals surface area (Å²) in [5.74, 6) is 0.244. The van der Waals surface area contributed by atoms with Gasteiger partial charge in [0, 0.05) is 21.7 Å². The van der Waals surface area contributed by atoms with Gasteiger partial charge in [0.2, 0.25) is 0 Å². The van der Waals surface area contributed by atoms with Crippen LogP contribution >= 0.6 is 35.0 Å². The number of halogens is 2. The molecule has 0 fully saturated rings. The van der Waals surface area contributed by atoms with Crippen molar-refractivity contribution < 1.29 is 9.53 Å². The highest BCUT2D eigenvalue weighted by molar-refractivity contribution is 7.99. The third kappa shape index (κ3) is 5.70. The zero-order valence-electron chi connectivity index (χ0n) is 12.7. The molecule has 0 saturated heterocycles. The van der Waals surface area contributed by atoms with Gasteiger partial charge in [0.15, 0.2) is 0 Å². The molecular formula is C15H21Cl2NO2S. The van der Waals surface area contributed by atoms with Gasteiger partial charge in [0.05, 0.1) is 11.6 Å². The molecule has 1 aromatic rings. The maximum absolute atomic E-state index is 12.2. The average molecular weight is 350 g/mol. The lowest BCUT2D eigenvalue weighted by Gasteiger charge is -2.30. The topological polar surface area (TPSA) is 38.3 Å². The van der Waals surface area contributed by atoms with Crippen LogP contribution in [-0.2, 0) is 9.53 Å². The fourth-order valence-corrected chi connectivity index (χ4v) is 3.48. The Morgan fingerprint density at radius 1 is 1.43 bits per heavy atom. The summed E-state index contributed by atoms with van der Waals surface area (Å²) in [6, 6.07) is 5.46. The largest absolute Gasteiger partial charge is 0.465 e. The van der Waals surface area contributed by atoms with Crippen LogP contribution in [-0.4, -0.2) is 29.9 Å². The fraction of sp³-hybridized carbons (Fsp3) is 0.533. The normalized spacial score (nSPS) is 14.0. The molecule has 118 valence electrons. The number of benzene rings is 1. The van der Waals surface area contributed by atoms with E-state index in [1.807, 2.05) is 20.8 Å². The van der Waals surface area contributed by atoms with E-state index in [1.54, 1.807) is 25.1 Å². The minimum atomic E-state index is -0.777. The monoisotopic (exact) mass is 349 g/mol. The number of hydrogen-bond acceptors (Lipinski definition) is 4. The van der Waals surface area contributed by atoms with Crippen molar-refractivity contribution in [3.63, 3.8) is 0 Å². The van der Waals surface area contributed by atoms with Gasteiger partial charge in [-0.1, -0.05) is 23.2 Å². The zero-order chi connectivity index (χ0) is 16.0. The van der Waals surface area contributed by atoms with Crippen LogP contribution < -0.4 is 5.32 Å². The third-order valence-corrected chi connectivity index (χ3v) is 4.79. The summed E-state index contributed by atoms with van der Waals surface area (Å²) >= 11 is 13.6. The standard InChI is InChI=1S/C15H21Cl2NO2S/c1-5-20-14(19)15(4,18-10(2)3)9-21-13-8-11(16)6-7-12(13)17/h6-8,10,18H,5,9H2,1-4H3. The number of thioether (sulfide) groups is 1. The molecule has 0 spiro atoms. The molecule has 0 bridgehead atoms. The van der Waals surface area contributed by atoms with Gasteiger partial charge in [-0.25, -0.2) is 0 Å². The lowest BCUT2D eigenvalue weighted by atomic mass is 10.0. The molecule has 6 heteroatoms. The number of esters is 1. The first-order valence-corrected chi connectivity index (χ1v) is 8.55. The summed E-state index contributed by atoms with van der Waals surface area (Å²) in [6.45, 7) is 7.99. The van der Waals surface area contributed by atoms with E-state index < -0.39 is 5.54 Å². The maximum atomic E-state index is 12.2. The van der Waals surface area contributed by atoms with Crippen LogP contribution in [0.4, 0.5) is 0 Å². The van der Waals surface area contributed by atoms with E-state index in [0.29, 0.717) is 22.4 Å². The molecule has 0 saturated carbocycles. The van der Waals surface area contributed by atoms with Crippen molar-refractivity contribution in [2.24, 2.45) is 0 Å². The van der Waals surface area contributed by atoms with Crippen LogP contribution in [0.3, 0.4) is 0 Å². The predicted molar refractivity (Wildman–Crippen MR) is 90.5 cm³/mol. The molecule has 0 heterocycles. The van der Waals surface area contributed by atoms with Crippen molar-refractivity contribution in [1.82, 2.24) is 5.32 Å². The lowest BCUT2D eigenvalue weighted by Crippen LogP contribution is -2.55. The molecule has 0 aliphatic rings. The van der Waals surface area contributed by atoms with Gasteiger partial charge in [-0.2, -0.15) is 0 Å². The molecule has 1 N–H and O–H groups in total. The summed E-state index contributed by atoms with van der Waals surface area (Å²) in [4.78, 5) is 13.1. The average Bonchev–Trinajstić information content (AvgIpc) is 2.39. The van der Waals surface area contributed by atoms with Gasteiger partial charge in [-0.15, -0.1) is 11.8 Å². The second-order valence-corrected chi connectivity index (χ2v) is 7.08. The van der Waals surface area contributed by atoms with Crippen LogP contribution in [0.5, 0.6) is 0 Å². The second-order valence-electron chi connectivity index (χ2n) is 5.22. The van der Waals surface area contributed by atoms with E-state index in [-0.39, 0.29) is 12.0 Å². The predicted octanol–water partition coefficient (Wildman–Crippen LogP) is 4.41. The van der Waals surface area contributed by atoms with E-state index in [9.17, 15) is 4.79 Å². The third-order valence-electron chi connectivity index (χ3n) is 2.74. The van der Waals surface area contributed by atoms with E-state index >= 15 is 0 Å². The highest BCUT2D eigenvalue weighted by atomic mass is 35.5. The summed E-state index contributed by atoms with van der Waals surface area (Å²) in [7, 11) is 0. The Labute approximate surface area is 140 Å². The highest BCUT2D eigenvalue weighted by Gasteiger charge is 2.35. The molecule has 1 unspecified atom stereocenters. The van der Waals surface area contributed by atoms with Gasteiger partial charge < -0.3 is 4.74 Å². The molecule has 0 aliphatic heterocycles. The van der Waals surface area contributed by atoms with E-state index in [2.05, 4.69) is 5.32 Å². The molecule has 0 radical (unpaired) electrons. The minimum Gasteiger partial charge on any atom is -0.465 e. The van der Waals surface area contributed by atoms with Crippen LogP contribution in [0, 0.1) is 0 Å². The molecule has 1 atom stereocenters. The maximum Gasteiger partial charge on any atom is 0.326 e. The van der Waals surface area contributed by atoms with Crippen molar-refractivity contribution in [2.75, 3.05) is 12.4 Å². The molecule has 0 aromatic heterocycles. The molecule has 1 aromatic carbocycles. The van der Waals surface area contributed by atoms with Crippen molar-refractivity contribution in [3.05, 3.63) is 28.2 Å². The zero-order valence-corrected chi connectivity index (χ0v) is 15.0. The molecule has 1 rings (SSSR count). The van der Waals surface area contributed by atoms with Crippen LogP contribution in [0.25, 0.3) is 0 Å². The Kier molecular flexibility index (Phi) is 7.34. The van der Waals surface area contributed by atoms with Crippen molar-refractivity contribution >= 4 is 40.9 Å². The fourth-order valence-electron chi connectivity index (χ4n) is 1.90. The smallest absolute Gasteiger partial charge is 0.326 e. The Morgan fingerprint density at radius 2 is 2.10 bits per heavy atom. The molecular weight excluding hydrogens is 329 g/mol. The van der Waals surface area contributed by atoms with Crippen molar-refractivity contribution in [1.29, 1.82) is 0 Å².